The van der Waals surface area contributed by atoms with Gasteiger partial charge in [-0.25, -0.2) is 4.39 Å². The summed E-state index contributed by atoms with van der Waals surface area (Å²) >= 11 is 11.2. The summed E-state index contributed by atoms with van der Waals surface area (Å²) in [5.74, 6) is 1.09. The van der Waals surface area contributed by atoms with E-state index >= 15 is 4.39 Å². The average Bonchev–Trinajstić information content (AvgIpc) is 3.02. The fourth-order valence-corrected chi connectivity index (χ4v) is 5.09. The number of pyridine rings is 1. The topological polar surface area (TPSA) is 80.2 Å². The molecule has 43 heavy (non-hydrogen) atoms. The molecule has 0 saturated carbocycles. The van der Waals surface area contributed by atoms with E-state index in [1.165, 1.54) is 31.4 Å². The Labute approximate surface area is 260 Å². The number of nitrogens with one attached hydrogen (secondary N) is 2. The van der Waals surface area contributed by atoms with Crippen LogP contribution in [-0.4, -0.2) is 54.6 Å². The maximum absolute atomic E-state index is 15.1. The molecule has 2 heterocycles. The largest absolute Gasteiger partial charge is 0.493 e. The maximum atomic E-state index is 15.1. The first-order valence-corrected chi connectivity index (χ1v) is 14.9. The van der Waals surface area contributed by atoms with Gasteiger partial charge in [0, 0.05) is 41.0 Å². The van der Waals surface area contributed by atoms with Crippen LogP contribution in [0.5, 0.6) is 23.0 Å². The van der Waals surface area contributed by atoms with Crippen LogP contribution in [0, 0.1) is 5.82 Å². The second-order valence-electron chi connectivity index (χ2n) is 10.1. The fourth-order valence-electron chi connectivity index (χ4n) is 4.80. The first kappa shape index (κ1) is 30.5. The minimum absolute atomic E-state index is 0.0506. The van der Waals surface area contributed by atoms with Gasteiger partial charge in [-0.1, -0.05) is 30.2 Å². The Morgan fingerprint density at radius 2 is 1.84 bits per heavy atom. The zero-order valence-corrected chi connectivity index (χ0v) is 25.4. The number of piperidine rings is 1. The number of hydrogen-bond acceptors (Lipinski definition) is 7. The number of hydrogen-bond donors (Lipinski definition) is 2. The Morgan fingerprint density at radius 3 is 2.60 bits per heavy atom. The molecule has 0 unspecified atom stereocenters. The Hall–Kier alpha value is -3.99. The van der Waals surface area contributed by atoms with Crippen LogP contribution in [0.25, 0.3) is 10.9 Å². The van der Waals surface area contributed by atoms with E-state index in [-0.39, 0.29) is 10.9 Å². The molecule has 1 aliphatic rings. The van der Waals surface area contributed by atoms with E-state index in [1.807, 2.05) is 18.2 Å². The lowest BCUT2D eigenvalue weighted by molar-refractivity contribution is 0.203. The number of thiocarbonyl (C=S) groups is 1. The van der Waals surface area contributed by atoms with Crippen molar-refractivity contribution in [2.45, 2.75) is 25.7 Å². The van der Waals surface area contributed by atoms with Gasteiger partial charge in [0.25, 0.3) is 0 Å². The minimum Gasteiger partial charge on any atom is -0.493 e. The number of aromatic nitrogens is 1. The number of hydrazone groups is 1. The summed E-state index contributed by atoms with van der Waals surface area (Å²) in [6, 6.07) is 17.0. The zero-order chi connectivity index (χ0) is 30.0. The molecule has 1 saturated heterocycles. The number of likely N-dealkylation sites (tertiary alicyclic amines) is 1. The predicted molar refractivity (Wildman–Crippen MR) is 174 cm³/mol. The van der Waals surface area contributed by atoms with Gasteiger partial charge in [0.2, 0.25) is 0 Å². The van der Waals surface area contributed by atoms with Gasteiger partial charge in [0.1, 0.15) is 5.75 Å². The quantitative estimate of drug-likeness (QED) is 0.0776. The van der Waals surface area contributed by atoms with Crippen LogP contribution in [0.2, 0.25) is 5.02 Å². The molecule has 4 aromatic rings. The minimum atomic E-state index is -0.567. The third kappa shape index (κ3) is 8.53. The Morgan fingerprint density at radius 1 is 1.02 bits per heavy atom. The highest BCUT2D eigenvalue weighted by molar-refractivity contribution is 7.80. The van der Waals surface area contributed by atoms with Crippen LogP contribution in [0.15, 0.2) is 72.0 Å². The highest BCUT2D eigenvalue weighted by Crippen LogP contribution is 2.38. The van der Waals surface area contributed by atoms with E-state index in [0.717, 1.165) is 31.6 Å². The zero-order valence-electron chi connectivity index (χ0n) is 23.8. The number of fused-ring (bicyclic) bond motifs is 1. The van der Waals surface area contributed by atoms with Crippen LogP contribution in [0.3, 0.4) is 0 Å². The molecule has 8 nitrogen and oxygen atoms in total. The lowest BCUT2D eigenvalue weighted by Gasteiger charge is -2.26. The van der Waals surface area contributed by atoms with Gasteiger partial charge in [-0.3, -0.25) is 10.4 Å². The molecule has 0 bridgehead atoms. The van der Waals surface area contributed by atoms with Crippen molar-refractivity contribution in [3.8, 4) is 23.0 Å². The summed E-state index contributed by atoms with van der Waals surface area (Å²) in [4.78, 5) is 6.96. The third-order valence-corrected chi connectivity index (χ3v) is 7.42. The van der Waals surface area contributed by atoms with Crippen LogP contribution in [0.4, 0.5) is 10.1 Å². The Kier molecular flexibility index (Phi) is 10.6. The molecule has 0 aliphatic carbocycles. The van der Waals surface area contributed by atoms with Crippen LogP contribution < -0.4 is 25.0 Å². The molecule has 0 radical (unpaired) electrons. The van der Waals surface area contributed by atoms with Crippen LogP contribution in [0.1, 0.15) is 31.2 Å². The van der Waals surface area contributed by atoms with Crippen molar-refractivity contribution in [2.24, 2.45) is 5.10 Å². The van der Waals surface area contributed by atoms with Gasteiger partial charge < -0.3 is 24.4 Å². The van der Waals surface area contributed by atoms with Crippen molar-refractivity contribution in [3.63, 3.8) is 0 Å². The smallest absolute Gasteiger partial charge is 0.191 e. The Bertz CT molecular complexity index is 1580. The van der Waals surface area contributed by atoms with Gasteiger partial charge >= 0.3 is 0 Å². The SMILES string of the molecule is COc1cc2c(Oc3ccc(NC(=S)N/N=C/c4ccc(Cl)cc4)cc3F)ccnc2cc1OCCCN1CCCCC1. The molecule has 224 valence electrons. The molecule has 2 N–H and O–H groups in total. The summed E-state index contributed by atoms with van der Waals surface area (Å²) in [5.41, 5.74) is 4.64. The van der Waals surface area contributed by atoms with Crippen LogP contribution >= 0.6 is 23.8 Å². The summed E-state index contributed by atoms with van der Waals surface area (Å²) in [6.45, 7) is 3.93. The highest BCUT2D eigenvalue weighted by atomic mass is 35.5. The molecule has 3 aromatic carbocycles. The number of nitrogens with zero attached hydrogens (tertiary/aromatic N) is 3. The fraction of sp³-hybridized carbons (Fsp3) is 0.281. The molecule has 1 fully saturated rings. The molecular weight excluding hydrogens is 589 g/mol. The van der Waals surface area contributed by atoms with Crippen molar-refractivity contribution in [1.29, 1.82) is 0 Å². The van der Waals surface area contributed by atoms with E-state index < -0.39 is 5.82 Å². The van der Waals surface area contributed by atoms with Crippen molar-refractivity contribution in [3.05, 3.63) is 83.3 Å². The van der Waals surface area contributed by atoms with Crippen LogP contribution in [-0.2, 0) is 0 Å². The monoisotopic (exact) mass is 621 g/mol. The number of rotatable bonds is 11. The number of benzene rings is 3. The molecule has 1 aromatic heterocycles. The van der Waals surface area contributed by atoms with Gasteiger partial charge in [-0.15, -0.1) is 0 Å². The molecular formula is C32H33ClFN5O3S. The number of halogens is 2. The van der Waals surface area contributed by atoms with Gasteiger partial charge in [0.15, 0.2) is 28.2 Å². The maximum Gasteiger partial charge on any atom is 0.191 e. The second kappa shape index (κ2) is 15.0. The molecule has 1 aliphatic heterocycles. The number of ether oxygens (including phenoxy) is 3. The first-order chi connectivity index (χ1) is 21.0. The summed E-state index contributed by atoms with van der Waals surface area (Å²) in [5, 5.41) is 8.51. The van der Waals surface area contributed by atoms with E-state index in [2.05, 4.69) is 25.7 Å². The van der Waals surface area contributed by atoms with E-state index in [0.29, 0.717) is 45.5 Å². The van der Waals surface area contributed by atoms with E-state index in [9.17, 15) is 0 Å². The predicted octanol–water partition coefficient (Wildman–Crippen LogP) is 7.40. The van der Waals surface area contributed by atoms with Gasteiger partial charge in [-0.2, -0.15) is 5.10 Å². The van der Waals surface area contributed by atoms with E-state index in [4.69, 9.17) is 38.0 Å². The second-order valence-corrected chi connectivity index (χ2v) is 10.9. The summed E-state index contributed by atoms with van der Waals surface area (Å²) in [7, 11) is 1.59. The standard InChI is InChI=1S/C32H33ClFN5O3S/c1-40-30-19-25-27(20-31(30)41-17-5-16-39-14-3-2-4-15-39)35-13-12-28(25)42-29-11-10-24(18-26(29)34)37-32(43)38-36-21-22-6-8-23(33)9-7-22/h6-13,18-21H,2-5,14-17H2,1H3,(H2,37,38,43)/b36-21+. The number of anilines is 1. The summed E-state index contributed by atoms with van der Waals surface area (Å²) < 4.78 is 32.7. The average molecular weight is 622 g/mol. The van der Waals surface area contributed by atoms with E-state index in [1.54, 1.807) is 49.9 Å². The van der Waals surface area contributed by atoms with Crippen molar-refractivity contribution in [2.75, 3.05) is 38.7 Å². The highest BCUT2D eigenvalue weighted by Gasteiger charge is 2.15. The normalized spacial score (nSPS) is 13.7. The van der Waals surface area contributed by atoms with Crippen molar-refractivity contribution < 1.29 is 18.6 Å². The molecule has 0 spiro atoms. The van der Waals surface area contributed by atoms with Crippen molar-refractivity contribution in [1.82, 2.24) is 15.3 Å². The molecule has 0 amide bonds. The number of methoxy groups -OCH3 is 1. The summed E-state index contributed by atoms with van der Waals surface area (Å²) in [6.07, 6.45) is 8.01. The lowest BCUT2D eigenvalue weighted by Crippen LogP contribution is -2.31. The first-order valence-electron chi connectivity index (χ1n) is 14.1. The molecule has 11 heteroatoms. The molecule has 0 atom stereocenters. The Balaban J connectivity index is 1.20. The third-order valence-electron chi connectivity index (χ3n) is 6.97. The van der Waals surface area contributed by atoms with Crippen molar-refractivity contribution >= 4 is 51.7 Å². The van der Waals surface area contributed by atoms with Gasteiger partial charge in [0.05, 0.1) is 25.4 Å². The lowest BCUT2D eigenvalue weighted by atomic mass is 10.1. The van der Waals surface area contributed by atoms with Gasteiger partial charge in [-0.05, 0) is 86.5 Å². The molecule has 5 rings (SSSR count).